The average molecular weight is 256 g/mol. The van der Waals surface area contributed by atoms with Gasteiger partial charge in [0.25, 0.3) is 0 Å². The molecule has 0 spiro atoms. The number of hydrazone groups is 1. The predicted molar refractivity (Wildman–Crippen MR) is 69.4 cm³/mol. The first kappa shape index (κ1) is 14.2. The van der Waals surface area contributed by atoms with Crippen molar-refractivity contribution < 1.29 is 9.53 Å². The molecule has 0 amide bonds. The second-order valence-corrected chi connectivity index (χ2v) is 3.51. The highest BCUT2D eigenvalue weighted by molar-refractivity contribution is 6.10. The molecular formula is C13H12N4O2. The number of anilines is 1. The van der Waals surface area contributed by atoms with Crippen LogP contribution in [0, 0.1) is 29.6 Å². The summed E-state index contributed by atoms with van der Waals surface area (Å²) in [5, 5.41) is 20.8. The standard InChI is InChI=1S/C13H12N4O2/c1-3-19-13(18)11-6-4-5-9(2)12(11)17-16-10(7-14)8-15/h4-6,17H,3H2,1-2H3. The average Bonchev–Trinajstić information content (AvgIpc) is 2.41. The molecule has 0 bridgehead atoms. The Balaban J connectivity index is 3.13. The van der Waals surface area contributed by atoms with Crippen LogP contribution in [0.25, 0.3) is 0 Å². The van der Waals surface area contributed by atoms with Gasteiger partial charge in [-0.25, -0.2) is 4.79 Å². The zero-order chi connectivity index (χ0) is 14.3. The molecule has 0 aliphatic carbocycles. The number of nitriles is 2. The number of hydrogen-bond acceptors (Lipinski definition) is 6. The third-order valence-electron chi connectivity index (χ3n) is 2.26. The third-order valence-corrected chi connectivity index (χ3v) is 2.26. The lowest BCUT2D eigenvalue weighted by atomic mass is 10.1. The molecule has 0 atom stereocenters. The summed E-state index contributed by atoms with van der Waals surface area (Å²) in [4.78, 5) is 11.8. The number of hydrogen-bond donors (Lipinski definition) is 1. The van der Waals surface area contributed by atoms with Crippen LogP contribution in [0.5, 0.6) is 0 Å². The summed E-state index contributed by atoms with van der Waals surface area (Å²) in [6, 6.07) is 8.33. The summed E-state index contributed by atoms with van der Waals surface area (Å²) in [7, 11) is 0. The van der Waals surface area contributed by atoms with Gasteiger partial charge in [-0.3, -0.25) is 5.43 Å². The molecule has 1 rings (SSSR count). The monoisotopic (exact) mass is 256 g/mol. The van der Waals surface area contributed by atoms with E-state index in [1.807, 2.05) is 0 Å². The molecule has 1 aromatic rings. The molecule has 6 heteroatoms. The zero-order valence-electron chi connectivity index (χ0n) is 10.6. The Bertz CT molecular complexity index is 578. The molecule has 0 aromatic heterocycles. The van der Waals surface area contributed by atoms with Crippen LogP contribution in [0.3, 0.4) is 0 Å². The van der Waals surface area contributed by atoms with E-state index in [-0.39, 0.29) is 12.3 Å². The summed E-state index contributed by atoms with van der Waals surface area (Å²) in [5.74, 6) is -0.487. The van der Waals surface area contributed by atoms with Crippen molar-refractivity contribution in [3.8, 4) is 12.1 Å². The Morgan fingerprint density at radius 1 is 1.42 bits per heavy atom. The first-order valence-electron chi connectivity index (χ1n) is 5.54. The van der Waals surface area contributed by atoms with E-state index in [2.05, 4.69) is 10.5 Å². The highest BCUT2D eigenvalue weighted by Crippen LogP contribution is 2.21. The van der Waals surface area contributed by atoms with Crippen LogP contribution in [-0.2, 0) is 4.74 Å². The van der Waals surface area contributed by atoms with Crippen molar-refractivity contribution in [1.82, 2.24) is 0 Å². The summed E-state index contributed by atoms with van der Waals surface area (Å²) in [6.07, 6.45) is 0. The molecule has 1 N–H and O–H groups in total. The van der Waals surface area contributed by atoms with Gasteiger partial charge in [-0.2, -0.15) is 15.6 Å². The third kappa shape index (κ3) is 3.55. The second kappa shape index (κ2) is 6.77. The number of carbonyl (C=O) groups is 1. The predicted octanol–water partition coefficient (Wildman–Crippen LogP) is 1.99. The highest BCUT2D eigenvalue weighted by Gasteiger charge is 2.14. The number of benzene rings is 1. The topological polar surface area (TPSA) is 98.3 Å². The second-order valence-electron chi connectivity index (χ2n) is 3.51. The van der Waals surface area contributed by atoms with Crippen LogP contribution in [0.1, 0.15) is 22.8 Å². The molecule has 0 aliphatic heterocycles. The number of carbonyl (C=O) groups excluding carboxylic acids is 1. The Morgan fingerprint density at radius 2 is 2.11 bits per heavy atom. The lowest BCUT2D eigenvalue weighted by Gasteiger charge is -2.10. The van der Waals surface area contributed by atoms with Crippen LogP contribution in [-0.4, -0.2) is 18.3 Å². The van der Waals surface area contributed by atoms with Gasteiger partial charge in [0.1, 0.15) is 12.1 Å². The quantitative estimate of drug-likeness (QED) is 0.504. The molecule has 0 aliphatic rings. The van der Waals surface area contributed by atoms with Gasteiger partial charge in [-0.15, -0.1) is 0 Å². The molecule has 6 nitrogen and oxygen atoms in total. The van der Waals surface area contributed by atoms with Crippen molar-refractivity contribution in [2.45, 2.75) is 13.8 Å². The molecule has 0 unspecified atom stereocenters. The number of para-hydroxylation sites is 1. The number of aryl methyl sites for hydroxylation is 1. The van der Waals surface area contributed by atoms with E-state index >= 15 is 0 Å². The van der Waals surface area contributed by atoms with Gasteiger partial charge in [0.15, 0.2) is 0 Å². The van der Waals surface area contributed by atoms with Crippen LogP contribution in [0.15, 0.2) is 23.3 Å². The number of rotatable bonds is 4. The molecule has 0 fully saturated rings. The van der Waals surface area contributed by atoms with E-state index in [0.29, 0.717) is 11.3 Å². The molecule has 0 saturated heterocycles. The fourth-order valence-electron chi connectivity index (χ4n) is 1.38. The Labute approximate surface area is 110 Å². The van der Waals surface area contributed by atoms with Crippen molar-refractivity contribution >= 4 is 17.4 Å². The molecule has 1 aromatic carbocycles. The molecule has 19 heavy (non-hydrogen) atoms. The van der Waals surface area contributed by atoms with Gasteiger partial charge < -0.3 is 4.74 Å². The van der Waals surface area contributed by atoms with Gasteiger partial charge in [0.2, 0.25) is 5.71 Å². The van der Waals surface area contributed by atoms with Gasteiger partial charge >= 0.3 is 5.97 Å². The molecular weight excluding hydrogens is 244 g/mol. The lowest BCUT2D eigenvalue weighted by Crippen LogP contribution is -2.09. The Kier molecular flexibility index (Phi) is 5.06. The van der Waals surface area contributed by atoms with Crippen molar-refractivity contribution in [1.29, 1.82) is 10.5 Å². The molecule has 0 saturated carbocycles. The van der Waals surface area contributed by atoms with E-state index in [9.17, 15) is 4.79 Å². The summed E-state index contributed by atoms with van der Waals surface area (Å²) in [6.45, 7) is 3.75. The fourth-order valence-corrected chi connectivity index (χ4v) is 1.38. The number of nitrogens with one attached hydrogen (secondary N) is 1. The molecule has 0 heterocycles. The Morgan fingerprint density at radius 3 is 2.68 bits per heavy atom. The number of nitrogens with zero attached hydrogens (tertiary/aromatic N) is 3. The minimum Gasteiger partial charge on any atom is -0.462 e. The van der Waals surface area contributed by atoms with Crippen LogP contribution < -0.4 is 5.43 Å². The fraction of sp³-hybridized carbons (Fsp3) is 0.231. The molecule has 0 radical (unpaired) electrons. The maximum absolute atomic E-state index is 11.8. The van der Waals surface area contributed by atoms with Crippen molar-refractivity contribution in [3.05, 3.63) is 29.3 Å². The highest BCUT2D eigenvalue weighted by atomic mass is 16.5. The van der Waals surface area contributed by atoms with Crippen molar-refractivity contribution in [2.24, 2.45) is 5.10 Å². The minimum absolute atomic E-state index is 0.261. The maximum Gasteiger partial charge on any atom is 0.340 e. The zero-order valence-corrected chi connectivity index (χ0v) is 10.6. The molecule has 96 valence electrons. The number of ether oxygens (including phenoxy) is 1. The van der Waals surface area contributed by atoms with Crippen LogP contribution in [0.4, 0.5) is 5.69 Å². The smallest absolute Gasteiger partial charge is 0.340 e. The summed E-state index contributed by atoms with van der Waals surface area (Å²) < 4.78 is 4.93. The van der Waals surface area contributed by atoms with E-state index in [0.717, 1.165) is 5.56 Å². The first-order valence-corrected chi connectivity index (χ1v) is 5.54. The first-order chi connectivity index (χ1) is 9.13. The van der Waals surface area contributed by atoms with Gasteiger partial charge in [0.05, 0.1) is 17.9 Å². The van der Waals surface area contributed by atoms with E-state index in [1.165, 1.54) is 0 Å². The van der Waals surface area contributed by atoms with Gasteiger partial charge in [-0.05, 0) is 25.5 Å². The summed E-state index contributed by atoms with van der Waals surface area (Å²) in [5.41, 5.74) is 3.72. The maximum atomic E-state index is 11.8. The largest absolute Gasteiger partial charge is 0.462 e. The summed E-state index contributed by atoms with van der Waals surface area (Å²) >= 11 is 0. The minimum atomic E-state index is -0.487. The van der Waals surface area contributed by atoms with E-state index < -0.39 is 5.97 Å². The van der Waals surface area contributed by atoms with Gasteiger partial charge in [-0.1, -0.05) is 12.1 Å². The normalized spacial score (nSPS) is 8.84. The Hall–Kier alpha value is -2.86. The lowest BCUT2D eigenvalue weighted by molar-refractivity contribution is 0.0527. The van der Waals surface area contributed by atoms with Crippen molar-refractivity contribution in [3.63, 3.8) is 0 Å². The van der Waals surface area contributed by atoms with Crippen molar-refractivity contribution in [2.75, 3.05) is 12.0 Å². The van der Waals surface area contributed by atoms with Gasteiger partial charge in [0, 0.05) is 0 Å². The van der Waals surface area contributed by atoms with Crippen LogP contribution >= 0.6 is 0 Å². The van der Waals surface area contributed by atoms with E-state index in [4.69, 9.17) is 15.3 Å². The SMILES string of the molecule is CCOC(=O)c1cccc(C)c1NN=C(C#N)C#N. The van der Waals surface area contributed by atoms with E-state index in [1.54, 1.807) is 44.2 Å². The number of esters is 1. The van der Waals surface area contributed by atoms with Crippen LogP contribution in [0.2, 0.25) is 0 Å².